The molecule has 0 heterocycles. The molecular weight excluding hydrogens is 256 g/mol. The molecule has 0 aromatic carbocycles. The summed E-state index contributed by atoms with van der Waals surface area (Å²) in [6, 6.07) is 0. The lowest BCUT2D eigenvalue weighted by atomic mass is 9.84. The van der Waals surface area contributed by atoms with E-state index in [9.17, 15) is 5.11 Å². The quantitative estimate of drug-likeness (QED) is 0.546. The molecule has 1 heteroatoms. The number of hydrogen-bond donors (Lipinski definition) is 1. The van der Waals surface area contributed by atoms with Crippen LogP contribution in [-0.4, -0.2) is 10.7 Å². The van der Waals surface area contributed by atoms with Gasteiger partial charge in [-0.15, -0.1) is 0 Å². The van der Waals surface area contributed by atoms with Crippen molar-refractivity contribution in [2.24, 2.45) is 5.41 Å². The summed E-state index contributed by atoms with van der Waals surface area (Å²) in [5, 5.41) is 10.5. The van der Waals surface area contributed by atoms with Crippen molar-refractivity contribution in [2.75, 3.05) is 0 Å². The van der Waals surface area contributed by atoms with Gasteiger partial charge in [0.15, 0.2) is 0 Å². The molecule has 120 valence electrons. The van der Waals surface area contributed by atoms with E-state index < -0.39 is 5.60 Å². The standard InChI is InChI=1S/C20H34O/c1-17-9-6-10-18(2)12-8-14-20(5,21)16-15-19(3,4)13-7-11-17/h9,12,15-16,21H,6-8,10-11,13-14H2,1-5H3/t20-/m0/s1. The zero-order chi connectivity index (χ0) is 15.9. The van der Waals surface area contributed by atoms with E-state index in [4.69, 9.17) is 0 Å². The Morgan fingerprint density at radius 1 is 0.857 bits per heavy atom. The molecule has 0 saturated carbocycles. The van der Waals surface area contributed by atoms with Crippen LogP contribution in [0.15, 0.2) is 35.5 Å². The highest BCUT2D eigenvalue weighted by molar-refractivity contribution is 5.08. The van der Waals surface area contributed by atoms with Gasteiger partial charge >= 0.3 is 0 Å². The Balaban J connectivity index is 2.82. The molecule has 1 nitrogen and oxygen atoms in total. The van der Waals surface area contributed by atoms with Crippen LogP contribution in [0.3, 0.4) is 0 Å². The molecular formula is C20H34O. The van der Waals surface area contributed by atoms with Crippen molar-refractivity contribution in [2.45, 2.75) is 85.2 Å². The normalized spacial score (nSPS) is 29.0. The van der Waals surface area contributed by atoms with Crippen LogP contribution in [0.5, 0.6) is 0 Å². The summed E-state index contributed by atoms with van der Waals surface area (Å²) in [6.07, 6.45) is 16.5. The van der Waals surface area contributed by atoms with Gasteiger partial charge in [-0.25, -0.2) is 0 Å². The molecule has 0 fully saturated rings. The van der Waals surface area contributed by atoms with E-state index in [1.54, 1.807) is 0 Å². The van der Waals surface area contributed by atoms with Crippen molar-refractivity contribution >= 4 is 0 Å². The van der Waals surface area contributed by atoms with Gasteiger partial charge in [0.2, 0.25) is 0 Å². The highest BCUT2D eigenvalue weighted by Gasteiger charge is 2.19. The topological polar surface area (TPSA) is 20.2 Å². The Kier molecular flexibility index (Phi) is 6.93. The maximum Gasteiger partial charge on any atom is 0.0802 e. The average molecular weight is 290 g/mol. The van der Waals surface area contributed by atoms with Crippen LogP contribution >= 0.6 is 0 Å². The minimum atomic E-state index is -0.692. The second kappa shape index (κ2) is 7.98. The minimum Gasteiger partial charge on any atom is -0.386 e. The second-order valence-electron chi connectivity index (χ2n) is 7.71. The van der Waals surface area contributed by atoms with Crippen molar-refractivity contribution in [3.05, 3.63) is 35.5 Å². The van der Waals surface area contributed by atoms with Gasteiger partial charge in [-0.1, -0.05) is 49.3 Å². The number of hydrogen-bond acceptors (Lipinski definition) is 1. The van der Waals surface area contributed by atoms with Crippen LogP contribution in [0.4, 0.5) is 0 Å². The predicted octanol–water partition coefficient (Wildman–Crippen LogP) is 5.96. The highest BCUT2D eigenvalue weighted by Crippen LogP contribution is 2.28. The van der Waals surface area contributed by atoms with Crippen molar-refractivity contribution in [3.63, 3.8) is 0 Å². The highest BCUT2D eigenvalue weighted by atomic mass is 16.3. The lowest BCUT2D eigenvalue weighted by Gasteiger charge is -2.24. The fourth-order valence-electron chi connectivity index (χ4n) is 2.76. The third-order valence-electron chi connectivity index (χ3n) is 4.46. The molecule has 0 radical (unpaired) electrons. The van der Waals surface area contributed by atoms with E-state index in [0.717, 1.165) is 25.7 Å². The molecule has 0 aliphatic heterocycles. The first-order valence-corrected chi connectivity index (χ1v) is 8.44. The van der Waals surface area contributed by atoms with Crippen LogP contribution < -0.4 is 0 Å². The molecule has 0 bridgehead atoms. The third-order valence-corrected chi connectivity index (χ3v) is 4.46. The predicted molar refractivity (Wildman–Crippen MR) is 93.4 cm³/mol. The summed E-state index contributed by atoms with van der Waals surface area (Å²) in [5.41, 5.74) is 2.43. The maximum absolute atomic E-state index is 10.5. The smallest absolute Gasteiger partial charge is 0.0802 e. The number of allylic oxidation sites excluding steroid dienone is 5. The first kappa shape index (κ1) is 18.2. The van der Waals surface area contributed by atoms with Crippen LogP contribution in [0, 0.1) is 5.41 Å². The van der Waals surface area contributed by atoms with E-state index in [1.165, 1.54) is 30.4 Å². The van der Waals surface area contributed by atoms with Gasteiger partial charge in [-0.2, -0.15) is 0 Å². The van der Waals surface area contributed by atoms with Crippen LogP contribution in [0.2, 0.25) is 0 Å². The van der Waals surface area contributed by atoms with Crippen LogP contribution in [-0.2, 0) is 0 Å². The minimum absolute atomic E-state index is 0.163. The molecule has 0 spiro atoms. The largest absolute Gasteiger partial charge is 0.386 e. The van der Waals surface area contributed by atoms with Crippen molar-refractivity contribution < 1.29 is 5.11 Å². The van der Waals surface area contributed by atoms with Gasteiger partial charge in [0, 0.05) is 0 Å². The summed E-state index contributed by atoms with van der Waals surface area (Å²) >= 11 is 0. The van der Waals surface area contributed by atoms with Gasteiger partial charge in [0.05, 0.1) is 5.60 Å². The first-order valence-electron chi connectivity index (χ1n) is 8.44. The van der Waals surface area contributed by atoms with Gasteiger partial charge in [0.1, 0.15) is 0 Å². The molecule has 0 amide bonds. The van der Waals surface area contributed by atoms with Gasteiger partial charge < -0.3 is 5.11 Å². The lowest BCUT2D eigenvalue weighted by molar-refractivity contribution is 0.102. The zero-order valence-corrected chi connectivity index (χ0v) is 14.7. The van der Waals surface area contributed by atoms with E-state index in [1.807, 2.05) is 13.0 Å². The zero-order valence-electron chi connectivity index (χ0n) is 14.7. The third kappa shape index (κ3) is 8.26. The molecule has 0 unspecified atom stereocenters. The molecule has 1 N–H and O–H groups in total. The molecule has 0 aromatic heterocycles. The van der Waals surface area contributed by atoms with Gasteiger partial charge in [-0.3, -0.25) is 0 Å². The van der Waals surface area contributed by atoms with Gasteiger partial charge in [0.25, 0.3) is 0 Å². The van der Waals surface area contributed by atoms with E-state index >= 15 is 0 Å². The van der Waals surface area contributed by atoms with Crippen LogP contribution in [0.1, 0.15) is 79.6 Å². The molecule has 21 heavy (non-hydrogen) atoms. The SMILES string of the molecule is CC1=CCC[C@](C)(O)C=CC(C)(C)CCCC(C)=CCC1. The summed E-state index contributed by atoms with van der Waals surface area (Å²) < 4.78 is 0. The molecule has 1 rings (SSSR count). The Morgan fingerprint density at radius 2 is 1.48 bits per heavy atom. The average Bonchev–Trinajstić information content (AvgIpc) is 2.36. The first-order chi connectivity index (χ1) is 9.70. The Hall–Kier alpha value is -0.820. The molecule has 0 aromatic rings. The summed E-state index contributed by atoms with van der Waals surface area (Å²) in [5.74, 6) is 0. The monoisotopic (exact) mass is 290 g/mol. The summed E-state index contributed by atoms with van der Waals surface area (Å²) in [6.45, 7) is 10.9. The Morgan fingerprint density at radius 3 is 2.19 bits per heavy atom. The number of aliphatic hydroxyl groups is 1. The van der Waals surface area contributed by atoms with Crippen molar-refractivity contribution in [1.82, 2.24) is 0 Å². The fourth-order valence-corrected chi connectivity index (χ4v) is 2.76. The second-order valence-corrected chi connectivity index (χ2v) is 7.71. The van der Waals surface area contributed by atoms with Crippen LogP contribution in [0.25, 0.3) is 0 Å². The van der Waals surface area contributed by atoms with Crippen molar-refractivity contribution in [3.8, 4) is 0 Å². The molecule has 1 aliphatic rings. The maximum atomic E-state index is 10.5. The van der Waals surface area contributed by atoms with Gasteiger partial charge in [-0.05, 0) is 71.1 Å². The molecule has 0 saturated heterocycles. The number of rotatable bonds is 0. The Bertz CT molecular complexity index is 408. The van der Waals surface area contributed by atoms with E-state index in [-0.39, 0.29) is 5.41 Å². The molecule has 1 atom stereocenters. The Labute approximate surface area is 131 Å². The summed E-state index contributed by atoms with van der Waals surface area (Å²) in [4.78, 5) is 0. The van der Waals surface area contributed by atoms with E-state index in [2.05, 4.69) is 45.9 Å². The fraction of sp³-hybridized carbons (Fsp3) is 0.700. The molecule has 1 aliphatic carbocycles. The summed E-state index contributed by atoms with van der Waals surface area (Å²) in [7, 11) is 0. The van der Waals surface area contributed by atoms with Crippen molar-refractivity contribution in [1.29, 1.82) is 0 Å². The lowest BCUT2D eigenvalue weighted by Crippen LogP contribution is -2.21. The van der Waals surface area contributed by atoms with E-state index in [0.29, 0.717) is 0 Å².